The summed E-state index contributed by atoms with van der Waals surface area (Å²) in [5, 5.41) is 10.1. The molecule has 0 fully saturated rings. The molecule has 0 N–H and O–H groups in total. The van der Waals surface area contributed by atoms with Gasteiger partial charge in [-0.2, -0.15) is 5.26 Å². The molecule has 0 aliphatic carbocycles. The van der Waals surface area contributed by atoms with Crippen LogP contribution in [0.2, 0.25) is 0 Å². The Morgan fingerprint density at radius 1 is 0.690 bits per heavy atom. The normalized spacial score (nSPS) is 13.2. The number of nitrogens with zero attached hydrogens (tertiary/aromatic N) is 2. The lowest BCUT2D eigenvalue weighted by molar-refractivity contribution is 0.105. The Labute approximate surface area is 175 Å². The van der Waals surface area contributed by atoms with E-state index < -0.39 is 0 Å². The van der Waals surface area contributed by atoms with Crippen LogP contribution in [0.4, 0.5) is 0 Å². The first-order valence-corrected chi connectivity index (χ1v) is 10.4. The van der Waals surface area contributed by atoms with E-state index in [1.807, 2.05) is 6.07 Å². The summed E-state index contributed by atoms with van der Waals surface area (Å²) in [6.45, 7) is 6.16. The van der Waals surface area contributed by atoms with Crippen molar-refractivity contribution in [3.8, 4) is 6.07 Å². The highest BCUT2D eigenvalue weighted by atomic mass is 15.2. The Morgan fingerprint density at radius 2 is 1.10 bits per heavy atom. The van der Waals surface area contributed by atoms with Crippen LogP contribution in [-0.4, -0.2) is 10.9 Å². The maximum absolute atomic E-state index is 10.1. The molecule has 0 saturated heterocycles. The zero-order valence-electron chi connectivity index (χ0n) is 17.4. The van der Waals surface area contributed by atoms with E-state index in [-0.39, 0.29) is 12.0 Å². The van der Waals surface area contributed by atoms with E-state index in [1.54, 1.807) is 0 Å². The van der Waals surface area contributed by atoms with Crippen LogP contribution >= 0.6 is 0 Å². The van der Waals surface area contributed by atoms with Gasteiger partial charge in [0.25, 0.3) is 0 Å². The highest BCUT2D eigenvalue weighted by Crippen LogP contribution is 2.27. The van der Waals surface area contributed by atoms with Gasteiger partial charge >= 0.3 is 0 Å². The van der Waals surface area contributed by atoms with Gasteiger partial charge in [0, 0.05) is 19.1 Å². The third kappa shape index (κ3) is 6.04. The fraction of sp³-hybridized carbons (Fsp3) is 0.296. The van der Waals surface area contributed by atoms with Crippen LogP contribution in [0.25, 0.3) is 0 Å². The molecule has 29 heavy (non-hydrogen) atoms. The minimum absolute atomic E-state index is 0.0650. The summed E-state index contributed by atoms with van der Waals surface area (Å²) in [4.78, 5) is 2.49. The molecule has 0 saturated carbocycles. The molecule has 0 amide bonds. The molecule has 0 bridgehead atoms. The average Bonchev–Trinajstić information content (AvgIpc) is 2.75. The molecule has 0 radical (unpaired) electrons. The smallest absolute Gasteiger partial charge is 0.0675 e. The van der Waals surface area contributed by atoms with Gasteiger partial charge in [-0.1, -0.05) is 105 Å². The molecule has 3 rings (SSSR count). The maximum Gasteiger partial charge on any atom is 0.0675 e. The Morgan fingerprint density at radius 3 is 1.48 bits per heavy atom. The maximum atomic E-state index is 10.1. The first-order chi connectivity index (χ1) is 14.2. The van der Waals surface area contributed by atoms with Gasteiger partial charge < -0.3 is 0 Å². The average molecular weight is 383 g/mol. The van der Waals surface area contributed by atoms with Crippen LogP contribution in [0.3, 0.4) is 0 Å². The fourth-order valence-electron chi connectivity index (χ4n) is 4.15. The molecular formula is C27H30N2. The van der Waals surface area contributed by atoms with E-state index in [9.17, 15) is 5.26 Å². The lowest BCUT2D eigenvalue weighted by atomic mass is 9.85. The van der Waals surface area contributed by atoms with Gasteiger partial charge in [-0.15, -0.1) is 0 Å². The fourth-order valence-corrected chi connectivity index (χ4v) is 4.15. The van der Waals surface area contributed by atoms with Crippen molar-refractivity contribution in [2.24, 2.45) is 11.8 Å². The predicted molar refractivity (Wildman–Crippen MR) is 120 cm³/mol. The van der Waals surface area contributed by atoms with Crippen LogP contribution < -0.4 is 0 Å². The second-order valence-electron chi connectivity index (χ2n) is 8.04. The van der Waals surface area contributed by atoms with E-state index in [0.29, 0.717) is 5.92 Å². The summed E-state index contributed by atoms with van der Waals surface area (Å²) in [5.74, 6) is 0.306. The number of rotatable bonds is 9. The van der Waals surface area contributed by atoms with Crippen molar-refractivity contribution in [2.45, 2.75) is 39.4 Å². The summed E-state index contributed by atoms with van der Waals surface area (Å²) in [6.07, 6.45) is 0.778. The second-order valence-corrected chi connectivity index (χ2v) is 8.04. The summed E-state index contributed by atoms with van der Waals surface area (Å²) < 4.78 is 0. The molecule has 2 heteroatoms. The summed E-state index contributed by atoms with van der Waals surface area (Å²) in [6, 6.07) is 34.4. The molecule has 3 aromatic rings. The van der Waals surface area contributed by atoms with E-state index in [0.717, 1.165) is 19.5 Å². The monoisotopic (exact) mass is 382 g/mol. The second kappa shape index (κ2) is 10.6. The van der Waals surface area contributed by atoms with Crippen molar-refractivity contribution >= 4 is 0 Å². The van der Waals surface area contributed by atoms with Crippen LogP contribution in [0, 0.1) is 23.2 Å². The van der Waals surface area contributed by atoms with E-state index >= 15 is 0 Å². The Kier molecular flexibility index (Phi) is 7.61. The molecule has 2 nitrogen and oxygen atoms in total. The van der Waals surface area contributed by atoms with Crippen molar-refractivity contribution in [3.63, 3.8) is 0 Å². The highest BCUT2D eigenvalue weighted by Gasteiger charge is 2.30. The minimum Gasteiger partial charge on any atom is -0.290 e. The highest BCUT2D eigenvalue weighted by molar-refractivity contribution is 5.20. The standard InChI is InChI=1S/C27H30N2/c1-22(2)27(26(19-28)18-23-12-6-3-7-13-23)29(20-24-14-8-4-9-15-24)21-25-16-10-5-11-17-25/h3-17,22,26-27H,18,20-21H2,1-2H3/t26-,27-/m0/s1. The van der Waals surface area contributed by atoms with E-state index in [4.69, 9.17) is 0 Å². The van der Waals surface area contributed by atoms with Crippen molar-refractivity contribution in [1.82, 2.24) is 4.90 Å². The van der Waals surface area contributed by atoms with Crippen molar-refractivity contribution in [2.75, 3.05) is 0 Å². The molecule has 148 valence electrons. The largest absolute Gasteiger partial charge is 0.290 e. The predicted octanol–water partition coefficient (Wildman–Crippen LogP) is 6.10. The van der Waals surface area contributed by atoms with Crippen molar-refractivity contribution in [1.29, 1.82) is 5.26 Å². The molecule has 3 aromatic carbocycles. The van der Waals surface area contributed by atoms with Gasteiger partial charge in [-0.3, -0.25) is 4.90 Å². The summed E-state index contributed by atoms with van der Waals surface area (Å²) in [5.41, 5.74) is 3.79. The molecule has 0 unspecified atom stereocenters. The quantitative estimate of drug-likeness (QED) is 0.447. The van der Waals surface area contributed by atoms with Gasteiger partial charge in [0.15, 0.2) is 0 Å². The Balaban J connectivity index is 1.90. The summed E-state index contributed by atoms with van der Waals surface area (Å²) >= 11 is 0. The topological polar surface area (TPSA) is 27.0 Å². The van der Waals surface area contributed by atoms with Gasteiger partial charge in [-0.25, -0.2) is 0 Å². The zero-order chi connectivity index (χ0) is 20.5. The van der Waals surface area contributed by atoms with Gasteiger partial charge in [-0.05, 0) is 29.0 Å². The lowest BCUT2D eigenvalue weighted by Gasteiger charge is -2.37. The third-order valence-electron chi connectivity index (χ3n) is 5.44. The van der Waals surface area contributed by atoms with Gasteiger partial charge in [0.1, 0.15) is 0 Å². The molecular weight excluding hydrogens is 352 g/mol. The van der Waals surface area contributed by atoms with Crippen LogP contribution in [0.1, 0.15) is 30.5 Å². The minimum atomic E-state index is -0.0650. The SMILES string of the molecule is CC(C)[C@@H]([C@H](C#N)Cc1ccccc1)N(Cc1ccccc1)Cc1ccccc1. The van der Waals surface area contributed by atoms with Crippen molar-refractivity contribution in [3.05, 3.63) is 108 Å². The Hall–Kier alpha value is -2.89. The van der Waals surface area contributed by atoms with Crippen LogP contribution in [-0.2, 0) is 19.5 Å². The van der Waals surface area contributed by atoms with Gasteiger partial charge in [0.05, 0.1) is 12.0 Å². The molecule has 0 spiro atoms. The first kappa shape index (κ1) is 20.8. The van der Waals surface area contributed by atoms with Crippen molar-refractivity contribution < 1.29 is 0 Å². The molecule has 0 heterocycles. The zero-order valence-corrected chi connectivity index (χ0v) is 17.4. The van der Waals surface area contributed by atoms with E-state index in [2.05, 4.69) is 110 Å². The number of benzene rings is 3. The Bertz CT molecular complexity index is 841. The molecule has 0 aliphatic heterocycles. The number of nitriles is 1. The molecule has 0 aliphatic rings. The lowest BCUT2D eigenvalue weighted by Crippen LogP contribution is -2.43. The number of hydrogen-bond donors (Lipinski definition) is 0. The van der Waals surface area contributed by atoms with E-state index in [1.165, 1.54) is 16.7 Å². The van der Waals surface area contributed by atoms with Gasteiger partial charge in [0.2, 0.25) is 0 Å². The van der Waals surface area contributed by atoms with Crippen LogP contribution in [0.15, 0.2) is 91.0 Å². The molecule has 0 aromatic heterocycles. The third-order valence-corrected chi connectivity index (χ3v) is 5.44. The summed E-state index contributed by atoms with van der Waals surface area (Å²) in [7, 11) is 0. The molecule has 2 atom stereocenters. The van der Waals surface area contributed by atoms with Crippen LogP contribution in [0.5, 0.6) is 0 Å². The number of hydrogen-bond acceptors (Lipinski definition) is 2. The first-order valence-electron chi connectivity index (χ1n) is 10.4.